The van der Waals surface area contributed by atoms with Gasteiger partial charge in [0.25, 0.3) is 0 Å². The zero-order chi connectivity index (χ0) is 12.3. The van der Waals surface area contributed by atoms with Crippen LogP contribution in [0.25, 0.3) is 0 Å². The number of nitrogens with zero attached hydrogens (tertiary/aromatic N) is 2. The summed E-state index contributed by atoms with van der Waals surface area (Å²) in [5.41, 5.74) is 1.78. The summed E-state index contributed by atoms with van der Waals surface area (Å²) in [7, 11) is 0. The van der Waals surface area contributed by atoms with Gasteiger partial charge in [-0.05, 0) is 36.8 Å². The van der Waals surface area contributed by atoms with E-state index >= 15 is 0 Å². The molecule has 1 aromatic carbocycles. The highest BCUT2D eigenvalue weighted by molar-refractivity contribution is 6.30. The first-order valence-corrected chi connectivity index (χ1v) is 5.99. The molecule has 0 atom stereocenters. The fraction of sp³-hybridized carbons (Fsp3) is 0.167. The van der Waals surface area contributed by atoms with Crippen molar-refractivity contribution in [2.75, 3.05) is 5.32 Å². The van der Waals surface area contributed by atoms with Crippen LogP contribution in [0.4, 0.5) is 11.6 Å². The van der Waals surface area contributed by atoms with E-state index in [9.17, 15) is 0 Å². The summed E-state index contributed by atoms with van der Waals surface area (Å²) in [4.78, 5) is 8.44. The second-order valence-corrected chi connectivity index (χ2v) is 4.31. The molecule has 0 aliphatic rings. The predicted octanol–water partition coefficient (Wildman–Crippen LogP) is 4.09. The Kier molecular flexibility index (Phi) is 3.82. The molecule has 2 rings (SSSR count). The van der Waals surface area contributed by atoms with Crippen molar-refractivity contribution in [2.24, 2.45) is 0 Å². The Bertz CT molecular complexity index is 512. The van der Waals surface area contributed by atoms with Crippen molar-refractivity contribution in [1.29, 1.82) is 0 Å². The van der Waals surface area contributed by atoms with Crippen LogP contribution < -0.4 is 5.32 Å². The predicted molar refractivity (Wildman–Crippen MR) is 71.2 cm³/mol. The molecule has 0 radical (unpaired) electrons. The molecule has 0 bridgehead atoms. The van der Waals surface area contributed by atoms with Gasteiger partial charge in [-0.3, -0.25) is 0 Å². The van der Waals surface area contributed by atoms with Crippen molar-refractivity contribution in [2.45, 2.75) is 13.3 Å². The molecule has 0 saturated heterocycles. The summed E-state index contributed by atoms with van der Waals surface area (Å²) in [6.07, 6.45) is 0.817. The van der Waals surface area contributed by atoms with Crippen molar-refractivity contribution >= 4 is 34.8 Å². The average molecular weight is 268 g/mol. The van der Waals surface area contributed by atoms with Crippen LogP contribution in [0, 0.1) is 0 Å². The molecule has 88 valence electrons. The molecule has 5 heteroatoms. The third-order valence-corrected chi connectivity index (χ3v) is 2.66. The Morgan fingerprint density at radius 3 is 2.47 bits per heavy atom. The van der Waals surface area contributed by atoms with Crippen LogP contribution >= 0.6 is 23.2 Å². The van der Waals surface area contributed by atoms with Crippen LogP contribution in [-0.2, 0) is 6.42 Å². The third kappa shape index (κ3) is 3.32. The lowest BCUT2D eigenvalue weighted by Crippen LogP contribution is -1.99. The molecule has 1 aromatic heterocycles. The number of halogens is 2. The number of benzene rings is 1. The van der Waals surface area contributed by atoms with Crippen molar-refractivity contribution < 1.29 is 0 Å². The number of aromatic nitrogens is 2. The molecule has 1 heterocycles. The molecule has 0 aliphatic carbocycles. The maximum absolute atomic E-state index is 5.91. The van der Waals surface area contributed by atoms with Crippen LogP contribution in [0.15, 0.2) is 30.3 Å². The molecule has 17 heavy (non-hydrogen) atoms. The number of anilines is 2. The largest absolute Gasteiger partial charge is 0.324 e. The lowest BCUT2D eigenvalue weighted by atomic mass is 10.3. The van der Waals surface area contributed by atoms with Gasteiger partial charge >= 0.3 is 0 Å². The van der Waals surface area contributed by atoms with Gasteiger partial charge in [0, 0.05) is 16.4 Å². The van der Waals surface area contributed by atoms with Gasteiger partial charge in [-0.1, -0.05) is 30.1 Å². The van der Waals surface area contributed by atoms with E-state index in [0.717, 1.165) is 17.8 Å². The van der Waals surface area contributed by atoms with E-state index in [2.05, 4.69) is 15.3 Å². The maximum Gasteiger partial charge on any atom is 0.228 e. The van der Waals surface area contributed by atoms with Gasteiger partial charge in [0.05, 0.1) is 0 Å². The molecule has 0 amide bonds. The first kappa shape index (κ1) is 12.1. The minimum absolute atomic E-state index is 0.438. The van der Waals surface area contributed by atoms with E-state index in [1.54, 1.807) is 18.2 Å². The van der Waals surface area contributed by atoms with Crippen molar-refractivity contribution in [3.8, 4) is 0 Å². The van der Waals surface area contributed by atoms with E-state index in [1.807, 2.05) is 19.1 Å². The van der Waals surface area contributed by atoms with Gasteiger partial charge in [0.2, 0.25) is 5.95 Å². The van der Waals surface area contributed by atoms with Crippen LogP contribution in [-0.4, -0.2) is 9.97 Å². The average Bonchev–Trinajstić information content (AvgIpc) is 2.31. The van der Waals surface area contributed by atoms with Gasteiger partial charge in [0.1, 0.15) is 5.15 Å². The Hall–Kier alpha value is -1.32. The Morgan fingerprint density at radius 1 is 1.12 bits per heavy atom. The number of aryl methyl sites for hydroxylation is 1. The molecular weight excluding hydrogens is 257 g/mol. The molecule has 0 aliphatic heterocycles. The van der Waals surface area contributed by atoms with Crippen molar-refractivity contribution in [3.05, 3.63) is 46.2 Å². The van der Waals surface area contributed by atoms with E-state index in [-0.39, 0.29) is 0 Å². The first-order valence-electron chi connectivity index (χ1n) is 5.23. The molecule has 0 spiro atoms. The maximum atomic E-state index is 5.91. The van der Waals surface area contributed by atoms with Gasteiger partial charge in [-0.25, -0.2) is 9.97 Å². The topological polar surface area (TPSA) is 37.8 Å². The second kappa shape index (κ2) is 5.34. The second-order valence-electron chi connectivity index (χ2n) is 3.49. The zero-order valence-electron chi connectivity index (χ0n) is 9.24. The molecule has 1 N–H and O–H groups in total. The highest BCUT2D eigenvalue weighted by atomic mass is 35.5. The van der Waals surface area contributed by atoms with Crippen molar-refractivity contribution in [3.63, 3.8) is 0 Å². The standard InChI is InChI=1S/C12H11Cl2N3/c1-2-9-7-11(14)17-12(15-9)16-10-5-3-8(13)4-6-10/h3-7H,2H2,1H3,(H,15,16,17). The summed E-state index contributed by atoms with van der Waals surface area (Å²) in [5.74, 6) is 0.497. The molecule has 3 nitrogen and oxygen atoms in total. The Labute approximate surface area is 110 Å². The summed E-state index contributed by atoms with van der Waals surface area (Å²) in [6.45, 7) is 2.02. The SMILES string of the molecule is CCc1cc(Cl)nc(Nc2ccc(Cl)cc2)n1. The Balaban J connectivity index is 2.23. The molecule has 0 unspecified atom stereocenters. The lowest BCUT2D eigenvalue weighted by molar-refractivity contribution is 1.00. The highest BCUT2D eigenvalue weighted by Gasteiger charge is 2.02. The quantitative estimate of drug-likeness (QED) is 0.852. The minimum atomic E-state index is 0.438. The van der Waals surface area contributed by atoms with Gasteiger partial charge in [-0.2, -0.15) is 0 Å². The summed E-state index contributed by atoms with van der Waals surface area (Å²) < 4.78 is 0. The fourth-order valence-electron chi connectivity index (χ4n) is 1.36. The monoisotopic (exact) mass is 267 g/mol. The smallest absolute Gasteiger partial charge is 0.228 e. The molecule has 0 fully saturated rings. The Morgan fingerprint density at radius 2 is 1.82 bits per heavy atom. The zero-order valence-corrected chi connectivity index (χ0v) is 10.8. The normalized spacial score (nSPS) is 10.3. The number of hydrogen-bond donors (Lipinski definition) is 1. The van der Waals surface area contributed by atoms with Gasteiger partial charge in [-0.15, -0.1) is 0 Å². The minimum Gasteiger partial charge on any atom is -0.324 e. The molecule has 2 aromatic rings. The van der Waals surface area contributed by atoms with Crippen LogP contribution in [0.3, 0.4) is 0 Å². The number of rotatable bonds is 3. The number of hydrogen-bond acceptors (Lipinski definition) is 3. The van der Waals surface area contributed by atoms with Gasteiger partial charge < -0.3 is 5.32 Å². The van der Waals surface area contributed by atoms with E-state index < -0.39 is 0 Å². The first-order chi connectivity index (χ1) is 8.17. The van der Waals surface area contributed by atoms with Crippen LogP contribution in [0.1, 0.15) is 12.6 Å². The van der Waals surface area contributed by atoms with Crippen LogP contribution in [0.2, 0.25) is 10.2 Å². The fourth-order valence-corrected chi connectivity index (χ4v) is 1.70. The van der Waals surface area contributed by atoms with Crippen molar-refractivity contribution in [1.82, 2.24) is 9.97 Å². The van der Waals surface area contributed by atoms with E-state index in [0.29, 0.717) is 16.1 Å². The molecular formula is C12H11Cl2N3. The summed E-state index contributed by atoms with van der Waals surface area (Å²) >= 11 is 11.7. The number of nitrogens with one attached hydrogen (secondary N) is 1. The molecule has 0 saturated carbocycles. The van der Waals surface area contributed by atoms with E-state index in [4.69, 9.17) is 23.2 Å². The van der Waals surface area contributed by atoms with E-state index in [1.165, 1.54) is 0 Å². The highest BCUT2D eigenvalue weighted by Crippen LogP contribution is 2.18. The van der Waals surface area contributed by atoms with Crippen LogP contribution in [0.5, 0.6) is 0 Å². The lowest BCUT2D eigenvalue weighted by Gasteiger charge is -2.06. The third-order valence-electron chi connectivity index (χ3n) is 2.21. The van der Waals surface area contributed by atoms with Gasteiger partial charge in [0.15, 0.2) is 0 Å². The summed E-state index contributed by atoms with van der Waals surface area (Å²) in [6, 6.07) is 9.08. The summed E-state index contributed by atoms with van der Waals surface area (Å²) in [5, 5.41) is 4.21.